The van der Waals surface area contributed by atoms with Crippen molar-refractivity contribution in [3.8, 4) is 0 Å². The second-order valence-corrected chi connectivity index (χ2v) is 5.99. The third-order valence-corrected chi connectivity index (χ3v) is 3.64. The van der Waals surface area contributed by atoms with E-state index in [2.05, 4.69) is 23.7 Å². The minimum Gasteiger partial charge on any atom is -0.388 e. The Morgan fingerprint density at radius 1 is 1.44 bits per heavy atom. The van der Waals surface area contributed by atoms with E-state index in [1.54, 1.807) is 6.20 Å². The number of piperidine rings is 1. The van der Waals surface area contributed by atoms with Crippen LogP contribution in [0, 0.1) is 11.8 Å². The molecule has 1 aliphatic rings. The molecule has 0 saturated carbocycles. The molecule has 2 rings (SSSR count). The van der Waals surface area contributed by atoms with Crippen LogP contribution in [-0.4, -0.2) is 28.0 Å². The average molecular weight is 263 g/mol. The van der Waals surface area contributed by atoms with Crippen LogP contribution in [0.15, 0.2) is 18.3 Å². The van der Waals surface area contributed by atoms with E-state index in [0.29, 0.717) is 4.99 Å². The Labute approximate surface area is 114 Å². The van der Waals surface area contributed by atoms with Crippen molar-refractivity contribution in [3.63, 3.8) is 0 Å². The van der Waals surface area contributed by atoms with Crippen LogP contribution in [0.25, 0.3) is 0 Å². The summed E-state index contributed by atoms with van der Waals surface area (Å²) >= 11 is 4.97. The zero-order valence-corrected chi connectivity index (χ0v) is 11.9. The van der Waals surface area contributed by atoms with Crippen LogP contribution in [0.5, 0.6) is 0 Å². The molecule has 98 valence electrons. The monoisotopic (exact) mass is 263 g/mol. The maximum Gasteiger partial charge on any atom is 0.122 e. The fourth-order valence-electron chi connectivity index (χ4n) is 2.89. The second kappa shape index (κ2) is 5.76. The Kier molecular flexibility index (Phi) is 4.30. The molecule has 0 radical (unpaired) electrons. The highest BCUT2D eigenvalue weighted by atomic mass is 32.1. The summed E-state index contributed by atoms with van der Waals surface area (Å²) in [4.78, 5) is 7.06. The summed E-state index contributed by atoms with van der Waals surface area (Å²) in [5, 5.41) is 0. The lowest BCUT2D eigenvalue weighted by Gasteiger charge is -2.35. The van der Waals surface area contributed by atoms with Gasteiger partial charge in [0.2, 0.25) is 0 Å². The van der Waals surface area contributed by atoms with Crippen molar-refractivity contribution in [3.05, 3.63) is 29.6 Å². The van der Waals surface area contributed by atoms with E-state index in [0.717, 1.165) is 24.1 Å². The molecule has 0 aromatic carbocycles. The van der Waals surface area contributed by atoms with Gasteiger partial charge >= 0.3 is 0 Å². The summed E-state index contributed by atoms with van der Waals surface area (Å²) in [6.45, 7) is 7.97. The smallest absolute Gasteiger partial charge is 0.122 e. The fraction of sp³-hybridized carbons (Fsp3) is 0.571. The van der Waals surface area contributed by atoms with Gasteiger partial charge < -0.3 is 5.73 Å². The summed E-state index contributed by atoms with van der Waals surface area (Å²) in [6, 6.07) is 4.05. The summed E-state index contributed by atoms with van der Waals surface area (Å²) in [5.74, 6) is 1.57. The number of aromatic nitrogens is 1. The van der Waals surface area contributed by atoms with Gasteiger partial charge in [0.1, 0.15) is 4.99 Å². The van der Waals surface area contributed by atoms with E-state index in [1.807, 2.05) is 12.1 Å². The minimum absolute atomic E-state index is 0.372. The van der Waals surface area contributed by atoms with Gasteiger partial charge in [0.15, 0.2) is 0 Å². The summed E-state index contributed by atoms with van der Waals surface area (Å²) in [6.07, 6.45) is 3.13. The lowest BCUT2D eigenvalue weighted by molar-refractivity contribution is 0.134. The maximum atomic E-state index is 5.62. The van der Waals surface area contributed by atoms with Crippen LogP contribution in [-0.2, 0) is 6.54 Å². The highest BCUT2D eigenvalue weighted by molar-refractivity contribution is 7.80. The molecular formula is C14H21N3S. The second-order valence-electron chi connectivity index (χ2n) is 5.55. The molecule has 0 aliphatic carbocycles. The van der Waals surface area contributed by atoms with E-state index in [1.165, 1.54) is 25.1 Å². The molecule has 1 aliphatic heterocycles. The van der Waals surface area contributed by atoms with Crippen molar-refractivity contribution < 1.29 is 0 Å². The molecule has 1 aromatic heterocycles. The number of nitrogens with zero attached hydrogens (tertiary/aromatic N) is 2. The number of pyridine rings is 1. The highest BCUT2D eigenvalue weighted by Gasteiger charge is 2.21. The van der Waals surface area contributed by atoms with Crippen molar-refractivity contribution in [2.24, 2.45) is 17.6 Å². The lowest BCUT2D eigenvalue weighted by atomic mass is 9.91. The lowest BCUT2D eigenvalue weighted by Crippen LogP contribution is -2.38. The molecule has 0 amide bonds. The molecule has 1 saturated heterocycles. The van der Waals surface area contributed by atoms with Crippen LogP contribution in [0.3, 0.4) is 0 Å². The van der Waals surface area contributed by atoms with E-state index >= 15 is 0 Å². The van der Waals surface area contributed by atoms with Gasteiger partial charge in [-0.15, -0.1) is 0 Å². The van der Waals surface area contributed by atoms with Gasteiger partial charge in [-0.05, 0) is 36.0 Å². The third-order valence-electron chi connectivity index (χ3n) is 3.43. The summed E-state index contributed by atoms with van der Waals surface area (Å²) in [5.41, 5.74) is 7.58. The standard InChI is InChI=1S/C14H21N3S/c1-10-5-11(2)8-17(7-10)9-12-3-4-16-13(6-12)14(15)18/h3-4,6,10-11H,5,7-9H2,1-2H3,(H2,15,18). The Morgan fingerprint density at radius 3 is 2.72 bits per heavy atom. The largest absolute Gasteiger partial charge is 0.388 e. The van der Waals surface area contributed by atoms with Crippen LogP contribution in [0.1, 0.15) is 31.5 Å². The zero-order valence-electron chi connectivity index (χ0n) is 11.1. The number of hydrogen-bond acceptors (Lipinski definition) is 3. The third kappa shape index (κ3) is 3.50. The molecule has 3 nitrogen and oxygen atoms in total. The predicted octanol–water partition coefficient (Wildman–Crippen LogP) is 2.19. The first-order valence-corrected chi connectivity index (χ1v) is 6.92. The first-order valence-electron chi connectivity index (χ1n) is 6.51. The Bertz CT molecular complexity index is 423. The van der Waals surface area contributed by atoms with Gasteiger partial charge in [0.25, 0.3) is 0 Å². The van der Waals surface area contributed by atoms with Crippen molar-refractivity contribution in [2.45, 2.75) is 26.8 Å². The highest BCUT2D eigenvalue weighted by Crippen LogP contribution is 2.22. The van der Waals surface area contributed by atoms with E-state index in [4.69, 9.17) is 18.0 Å². The van der Waals surface area contributed by atoms with Gasteiger partial charge in [-0.1, -0.05) is 26.1 Å². The summed E-state index contributed by atoms with van der Waals surface area (Å²) < 4.78 is 0. The van der Waals surface area contributed by atoms with Gasteiger partial charge in [-0.2, -0.15) is 0 Å². The van der Waals surface area contributed by atoms with E-state index < -0.39 is 0 Å². The van der Waals surface area contributed by atoms with Crippen LogP contribution in [0.4, 0.5) is 0 Å². The number of nitrogens with two attached hydrogens (primary N) is 1. The van der Waals surface area contributed by atoms with Gasteiger partial charge in [0.05, 0.1) is 5.69 Å². The van der Waals surface area contributed by atoms with Gasteiger partial charge in [-0.25, -0.2) is 0 Å². The minimum atomic E-state index is 0.372. The van der Waals surface area contributed by atoms with Crippen molar-refractivity contribution in [2.75, 3.05) is 13.1 Å². The fourth-order valence-corrected chi connectivity index (χ4v) is 3.00. The normalized spacial score (nSPS) is 25.0. The van der Waals surface area contributed by atoms with Crippen molar-refractivity contribution in [1.82, 2.24) is 9.88 Å². The maximum absolute atomic E-state index is 5.62. The molecule has 1 aromatic rings. The molecule has 2 atom stereocenters. The predicted molar refractivity (Wildman–Crippen MR) is 78.3 cm³/mol. The number of thiocarbonyl (C=S) groups is 1. The van der Waals surface area contributed by atoms with Crippen molar-refractivity contribution in [1.29, 1.82) is 0 Å². The van der Waals surface area contributed by atoms with Gasteiger partial charge in [0, 0.05) is 25.8 Å². The van der Waals surface area contributed by atoms with E-state index in [9.17, 15) is 0 Å². The molecule has 2 N–H and O–H groups in total. The Hall–Kier alpha value is -1.00. The molecule has 2 heterocycles. The SMILES string of the molecule is CC1CC(C)CN(Cc2ccnc(C(N)=S)c2)C1. The molecule has 18 heavy (non-hydrogen) atoms. The zero-order chi connectivity index (χ0) is 13.1. The molecule has 4 heteroatoms. The number of hydrogen-bond donors (Lipinski definition) is 1. The number of likely N-dealkylation sites (tertiary alicyclic amines) is 1. The summed E-state index contributed by atoms with van der Waals surface area (Å²) in [7, 11) is 0. The average Bonchev–Trinajstić information content (AvgIpc) is 2.27. The molecule has 1 fully saturated rings. The first-order chi connectivity index (χ1) is 8.54. The molecular weight excluding hydrogens is 242 g/mol. The number of rotatable bonds is 3. The topological polar surface area (TPSA) is 42.2 Å². The van der Waals surface area contributed by atoms with Gasteiger partial charge in [-0.3, -0.25) is 9.88 Å². The first kappa shape index (κ1) is 13.4. The Balaban J connectivity index is 2.04. The quantitative estimate of drug-likeness (QED) is 0.849. The molecule has 2 unspecified atom stereocenters. The van der Waals surface area contributed by atoms with Crippen LogP contribution in [0.2, 0.25) is 0 Å². The van der Waals surface area contributed by atoms with E-state index in [-0.39, 0.29) is 0 Å². The van der Waals surface area contributed by atoms with Crippen LogP contribution < -0.4 is 5.73 Å². The van der Waals surface area contributed by atoms with Crippen LogP contribution >= 0.6 is 12.2 Å². The van der Waals surface area contributed by atoms with Crippen molar-refractivity contribution >= 4 is 17.2 Å². The molecule has 0 spiro atoms. The Morgan fingerprint density at radius 2 is 2.11 bits per heavy atom. The molecule has 0 bridgehead atoms.